The second-order valence-corrected chi connectivity index (χ2v) is 9.47. The van der Waals surface area contributed by atoms with E-state index in [-0.39, 0.29) is 16.7 Å². The maximum absolute atomic E-state index is 12.0. The average molecular weight is 363 g/mol. The molecule has 0 aromatic heterocycles. The molecule has 25 heavy (non-hydrogen) atoms. The quantitative estimate of drug-likeness (QED) is 0.837. The number of phenols is 1. The van der Waals surface area contributed by atoms with Crippen LogP contribution in [-0.2, 0) is 15.6 Å². The van der Waals surface area contributed by atoms with Crippen molar-refractivity contribution < 1.29 is 9.90 Å². The van der Waals surface area contributed by atoms with Crippen LogP contribution in [-0.4, -0.2) is 28.3 Å². The summed E-state index contributed by atoms with van der Waals surface area (Å²) in [5.41, 5.74) is 5.64. The van der Waals surface area contributed by atoms with Gasteiger partial charge in [-0.3, -0.25) is 4.79 Å². The van der Waals surface area contributed by atoms with Gasteiger partial charge in [-0.15, -0.1) is 0 Å². The number of benzene rings is 1. The third kappa shape index (κ3) is 4.39. The van der Waals surface area contributed by atoms with E-state index in [0.29, 0.717) is 18.0 Å². The van der Waals surface area contributed by atoms with Gasteiger partial charge in [0.05, 0.1) is 10.8 Å². The first kappa shape index (κ1) is 19.9. The Labute approximate surface area is 155 Å². The molecular formula is C20H30N2O2S. The van der Waals surface area contributed by atoms with Gasteiger partial charge in [0.25, 0.3) is 5.91 Å². The highest BCUT2D eigenvalue weighted by molar-refractivity contribution is 8.04. The lowest BCUT2D eigenvalue weighted by Crippen LogP contribution is -2.37. The highest BCUT2D eigenvalue weighted by Crippen LogP contribution is 2.41. The fourth-order valence-electron chi connectivity index (χ4n) is 2.84. The number of aromatic hydroxyl groups is 1. The van der Waals surface area contributed by atoms with Crippen molar-refractivity contribution in [3.05, 3.63) is 33.9 Å². The fourth-order valence-corrected chi connectivity index (χ4v) is 3.76. The summed E-state index contributed by atoms with van der Waals surface area (Å²) in [4.78, 5) is 12.0. The first-order valence-electron chi connectivity index (χ1n) is 8.74. The molecule has 0 atom stereocenters. The van der Waals surface area contributed by atoms with Crippen molar-refractivity contribution in [1.29, 1.82) is 0 Å². The molecule has 4 nitrogen and oxygen atoms in total. The minimum Gasteiger partial charge on any atom is -0.507 e. The molecule has 1 heterocycles. The number of nitrogens with one attached hydrogen (secondary N) is 1. The molecule has 0 unspecified atom stereocenters. The summed E-state index contributed by atoms with van der Waals surface area (Å²) in [7, 11) is 0. The lowest BCUT2D eigenvalue weighted by molar-refractivity contribution is -0.127. The second kappa shape index (κ2) is 7.04. The second-order valence-electron chi connectivity index (χ2n) is 8.48. The van der Waals surface area contributed by atoms with Gasteiger partial charge in [0, 0.05) is 17.7 Å². The molecule has 2 N–H and O–H groups in total. The molecule has 0 saturated carbocycles. The fraction of sp³-hybridized carbons (Fsp3) is 0.550. The third-order valence-corrected chi connectivity index (χ3v) is 5.16. The maximum atomic E-state index is 12.0. The predicted octanol–water partition coefficient (Wildman–Crippen LogP) is 4.39. The molecule has 1 aromatic carbocycles. The molecular weight excluding hydrogens is 332 g/mol. The van der Waals surface area contributed by atoms with E-state index in [1.165, 1.54) is 11.8 Å². The van der Waals surface area contributed by atoms with E-state index in [1.54, 1.807) is 5.01 Å². The monoisotopic (exact) mass is 362 g/mol. The van der Waals surface area contributed by atoms with Crippen molar-refractivity contribution in [2.45, 2.75) is 59.3 Å². The summed E-state index contributed by atoms with van der Waals surface area (Å²) in [6.45, 7) is 15.3. The van der Waals surface area contributed by atoms with E-state index in [4.69, 9.17) is 0 Å². The summed E-state index contributed by atoms with van der Waals surface area (Å²) in [6, 6.07) is 4.07. The van der Waals surface area contributed by atoms with Gasteiger partial charge < -0.3 is 5.11 Å². The summed E-state index contributed by atoms with van der Waals surface area (Å²) < 4.78 is 0. The Hall–Kier alpha value is -1.46. The minimum atomic E-state index is -0.168. The van der Waals surface area contributed by atoms with Crippen molar-refractivity contribution in [1.82, 2.24) is 10.4 Å². The molecule has 5 heteroatoms. The van der Waals surface area contributed by atoms with Gasteiger partial charge in [0.2, 0.25) is 0 Å². The van der Waals surface area contributed by atoms with Gasteiger partial charge in [-0.2, -0.15) is 0 Å². The van der Waals surface area contributed by atoms with Crippen LogP contribution in [0.25, 0.3) is 6.08 Å². The molecule has 138 valence electrons. The van der Waals surface area contributed by atoms with E-state index < -0.39 is 0 Å². The van der Waals surface area contributed by atoms with Gasteiger partial charge in [-0.25, -0.2) is 10.4 Å². The van der Waals surface area contributed by atoms with Crippen LogP contribution in [0.1, 0.15) is 65.2 Å². The Kier molecular flexibility index (Phi) is 5.59. The highest BCUT2D eigenvalue weighted by Gasteiger charge is 2.28. The molecule has 2 rings (SSSR count). The number of rotatable bonds is 3. The number of phenolic OH excluding ortho intramolecular Hbond substituents is 1. The number of hydrogen-bond donors (Lipinski definition) is 2. The highest BCUT2D eigenvalue weighted by atomic mass is 32.2. The molecule has 0 radical (unpaired) electrons. The molecule has 1 amide bonds. The average Bonchev–Trinajstić information content (AvgIpc) is 2.80. The molecule has 1 aromatic rings. The van der Waals surface area contributed by atoms with E-state index in [1.807, 2.05) is 25.1 Å². The predicted molar refractivity (Wildman–Crippen MR) is 106 cm³/mol. The zero-order chi connectivity index (χ0) is 19.0. The van der Waals surface area contributed by atoms with Crippen molar-refractivity contribution in [3.63, 3.8) is 0 Å². The summed E-state index contributed by atoms with van der Waals surface area (Å²) in [5.74, 6) is 0.902. The smallest absolute Gasteiger partial charge is 0.252 e. The molecule has 0 bridgehead atoms. The third-order valence-electron chi connectivity index (χ3n) is 4.17. The molecule has 0 aliphatic carbocycles. The molecule has 1 saturated heterocycles. The number of hydrazine groups is 1. The number of hydrogen-bond acceptors (Lipinski definition) is 4. The molecule has 1 aliphatic heterocycles. The lowest BCUT2D eigenvalue weighted by Gasteiger charge is -2.28. The molecule has 1 fully saturated rings. The van der Waals surface area contributed by atoms with Crippen LogP contribution in [0.15, 0.2) is 17.2 Å². The zero-order valence-corrected chi connectivity index (χ0v) is 17.2. The van der Waals surface area contributed by atoms with Gasteiger partial charge in [-0.1, -0.05) is 60.2 Å². The Morgan fingerprint density at radius 2 is 1.68 bits per heavy atom. The lowest BCUT2D eigenvalue weighted by atomic mass is 9.78. The standard InChI is InChI=1S/C20H30N2O2S/c1-8-21-22-16(23)12-25-17(22)11-13-9-14(19(2,3)4)18(24)15(10-13)20(5,6)7/h9-11,21,24H,8,12H2,1-7H3. The van der Waals surface area contributed by atoms with Crippen molar-refractivity contribution in [2.75, 3.05) is 12.3 Å². The minimum absolute atomic E-state index is 0.0731. The number of thioether (sulfide) groups is 1. The Morgan fingerprint density at radius 1 is 1.16 bits per heavy atom. The van der Waals surface area contributed by atoms with E-state index in [2.05, 4.69) is 47.0 Å². The van der Waals surface area contributed by atoms with Crippen LogP contribution in [0, 0.1) is 0 Å². The Morgan fingerprint density at radius 3 is 2.12 bits per heavy atom. The van der Waals surface area contributed by atoms with E-state index in [0.717, 1.165) is 21.7 Å². The topological polar surface area (TPSA) is 52.6 Å². The number of carbonyl (C=O) groups excluding carboxylic acids is 1. The Balaban J connectivity index is 2.58. The van der Waals surface area contributed by atoms with E-state index >= 15 is 0 Å². The SMILES string of the molecule is CCNN1C(=O)CSC1=Cc1cc(C(C)(C)C)c(O)c(C(C)(C)C)c1. The zero-order valence-electron chi connectivity index (χ0n) is 16.4. The van der Waals surface area contributed by atoms with Crippen LogP contribution < -0.4 is 5.43 Å². The van der Waals surface area contributed by atoms with Gasteiger partial charge in [0.1, 0.15) is 5.75 Å². The van der Waals surface area contributed by atoms with Crippen LogP contribution in [0.5, 0.6) is 5.75 Å². The van der Waals surface area contributed by atoms with Gasteiger partial charge in [0.15, 0.2) is 0 Å². The Bertz CT molecular complexity index is 662. The number of carbonyl (C=O) groups is 1. The first-order chi connectivity index (χ1) is 11.4. The number of amides is 1. The van der Waals surface area contributed by atoms with Crippen molar-refractivity contribution in [2.24, 2.45) is 0 Å². The van der Waals surface area contributed by atoms with Crippen LogP contribution in [0.4, 0.5) is 0 Å². The first-order valence-corrected chi connectivity index (χ1v) is 9.72. The van der Waals surface area contributed by atoms with E-state index in [9.17, 15) is 9.90 Å². The summed E-state index contributed by atoms with van der Waals surface area (Å²) >= 11 is 1.54. The van der Waals surface area contributed by atoms with Crippen LogP contribution >= 0.6 is 11.8 Å². The summed E-state index contributed by atoms with van der Waals surface area (Å²) in [5, 5.41) is 13.4. The van der Waals surface area contributed by atoms with Gasteiger partial charge >= 0.3 is 0 Å². The van der Waals surface area contributed by atoms with Crippen molar-refractivity contribution in [3.8, 4) is 5.75 Å². The molecule has 0 spiro atoms. The molecule has 1 aliphatic rings. The summed E-state index contributed by atoms with van der Waals surface area (Å²) in [6.07, 6.45) is 2.03. The van der Waals surface area contributed by atoms with Crippen molar-refractivity contribution >= 4 is 23.7 Å². The number of nitrogens with zero attached hydrogens (tertiary/aromatic N) is 1. The normalized spacial score (nSPS) is 17.6. The van der Waals surface area contributed by atoms with Gasteiger partial charge in [-0.05, 0) is 34.6 Å². The maximum Gasteiger partial charge on any atom is 0.252 e. The van der Waals surface area contributed by atoms with Crippen LogP contribution in [0.2, 0.25) is 0 Å². The largest absolute Gasteiger partial charge is 0.507 e. The van der Waals surface area contributed by atoms with Crippen LogP contribution in [0.3, 0.4) is 0 Å².